The number of hydrogen-bond donors (Lipinski definition) is 1. The minimum Gasteiger partial charge on any atom is -0.325 e. The van der Waals surface area contributed by atoms with Crippen LogP contribution in [0.5, 0.6) is 0 Å². The highest BCUT2D eigenvalue weighted by molar-refractivity contribution is 4.94. The molecule has 2 N–H and O–H groups in total. The molecule has 1 aliphatic carbocycles. The van der Waals surface area contributed by atoms with Crippen LogP contribution >= 0.6 is 0 Å². The van der Waals surface area contributed by atoms with E-state index < -0.39 is 0 Å². The fourth-order valence-electron chi connectivity index (χ4n) is 3.36. The third-order valence-electron chi connectivity index (χ3n) is 3.18. The highest BCUT2D eigenvalue weighted by atomic mass is 14.7. The Labute approximate surface area is 83.1 Å². The van der Waals surface area contributed by atoms with Crippen molar-refractivity contribution in [3.63, 3.8) is 0 Å². The Bertz CT molecular complexity index is 154. The molecular weight excluding hydrogens is 158 g/mol. The van der Waals surface area contributed by atoms with Crippen LogP contribution in [0.1, 0.15) is 59.8 Å². The van der Waals surface area contributed by atoms with E-state index in [1.807, 2.05) is 0 Å². The Hall–Kier alpha value is -0.0400. The van der Waals surface area contributed by atoms with E-state index in [1.165, 1.54) is 32.1 Å². The van der Waals surface area contributed by atoms with E-state index in [0.717, 1.165) is 5.92 Å². The molecule has 2 atom stereocenters. The predicted molar refractivity (Wildman–Crippen MR) is 58.6 cm³/mol. The molecule has 0 amide bonds. The van der Waals surface area contributed by atoms with Gasteiger partial charge in [-0.3, -0.25) is 0 Å². The van der Waals surface area contributed by atoms with Gasteiger partial charge < -0.3 is 5.73 Å². The standard InChI is InChI=1S/C12H25N/c1-5-6-10-7-11(2,3)9-12(4,13)8-10/h10H,5-9,13H2,1-4H3. The molecule has 0 aromatic carbocycles. The van der Waals surface area contributed by atoms with E-state index in [4.69, 9.17) is 5.73 Å². The molecule has 1 saturated carbocycles. The maximum Gasteiger partial charge on any atom is 0.0133 e. The molecule has 0 aliphatic heterocycles. The summed E-state index contributed by atoms with van der Waals surface area (Å²) in [5, 5.41) is 0. The van der Waals surface area contributed by atoms with Gasteiger partial charge in [-0.05, 0) is 37.5 Å². The maximum atomic E-state index is 6.27. The predicted octanol–water partition coefficient (Wildman–Crippen LogP) is 3.33. The lowest BCUT2D eigenvalue weighted by molar-refractivity contribution is 0.105. The van der Waals surface area contributed by atoms with Gasteiger partial charge >= 0.3 is 0 Å². The quantitative estimate of drug-likeness (QED) is 0.698. The fraction of sp³-hybridized carbons (Fsp3) is 1.00. The van der Waals surface area contributed by atoms with Crippen molar-refractivity contribution in [1.29, 1.82) is 0 Å². The Morgan fingerprint density at radius 3 is 2.31 bits per heavy atom. The zero-order valence-electron chi connectivity index (χ0n) is 9.69. The summed E-state index contributed by atoms with van der Waals surface area (Å²) in [4.78, 5) is 0. The minimum atomic E-state index is 0.0849. The van der Waals surface area contributed by atoms with E-state index in [0.29, 0.717) is 5.41 Å². The third-order valence-corrected chi connectivity index (χ3v) is 3.18. The van der Waals surface area contributed by atoms with Crippen molar-refractivity contribution in [3.8, 4) is 0 Å². The van der Waals surface area contributed by atoms with Crippen LogP contribution in [-0.2, 0) is 0 Å². The minimum absolute atomic E-state index is 0.0849. The molecule has 0 bridgehead atoms. The average Bonchev–Trinajstić information content (AvgIpc) is 1.78. The monoisotopic (exact) mass is 183 g/mol. The molecule has 1 nitrogen and oxygen atoms in total. The second-order valence-electron chi connectivity index (χ2n) is 6.06. The third kappa shape index (κ3) is 3.30. The summed E-state index contributed by atoms with van der Waals surface area (Å²) in [6.07, 6.45) is 6.44. The van der Waals surface area contributed by atoms with Gasteiger partial charge in [0, 0.05) is 5.54 Å². The Kier molecular flexibility index (Phi) is 3.06. The summed E-state index contributed by atoms with van der Waals surface area (Å²) in [5.41, 5.74) is 6.82. The van der Waals surface area contributed by atoms with Gasteiger partial charge in [-0.15, -0.1) is 0 Å². The molecule has 0 radical (unpaired) electrons. The van der Waals surface area contributed by atoms with Crippen LogP contribution in [0, 0.1) is 11.3 Å². The van der Waals surface area contributed by atoms with Crippen molar-refractivity contribution < 1.29 is 0 Å². The van der Waals surface area contributed by atoms with Crippen molar-refractivity contribution >= 4 is 0 Å². The molecule has 1 rings (SSSR count). The van der Waals surface area contributed by atoms with Crippen molar-refractivity contribution in [2.75, 3.05) is 0 Å². The Morgan fingerprint density at radius 1 is 1.23 bits per heavy atom. The largest absolute Gasteiger partial charge is 0.325 e. The SMILES string of the molecule is CCCC1CC(C)(C)CC(C)(N)C1. The first kappa shape index (κ1) is 11.0. The molecular formula is C12H25N. The molecule has 0 heterocycles. The van der Waals surface area contributed by atoms with Crippen LogP contribution in [-0.4, -0.2) is 5.54 Å². The molecule has 1 heteroatoms. The summed E-state index contributed by atoms with van der Waals surface area (Å²) in [7, 11) is 0. The topological polar surface area (TPSA) is 26.0 Å². The fourth-order valence-corrected chi connectivity index (χ4v) is 3.36. The maximum absolute atomic E-state index is 6.27. The van der Waals surface area contributed by atoms with Crippen LogP contribution < -0.4 is 5.73 Å². The van der Waals surface area contributed by atoms with Gasteiger partial charge in [0.2, 0.25) is 0 Å². The van der Waals surface area contributed by atoms with Crippen molar-refractivity contribution in [3.05, 3.63) is 0 Å². The van der Waals surface area contributed by atoms with Crippen LogP contribution in [0.25, 0.3) is 0 Å². The Balaban J connectivity index is 2.61. The highest BCUT2D eigenvalue weighted by Crippen LogP contribution is 2.44. The van der Waals surface area contributed by atoms with Gasteiger partial charge in [0.05, 0.1) is 0 Å². The van der Waals surface area contributed by atoms with Crippen molar-refractivity contribution in [1.82, 2.24) is 0 Å². The summed E-state index contributed by atoms with van der Waals surface area (Å²) in [5.74, 6) is 0.865. The van der Waals surface area contributed by atoms with Crippen LogP contribution in [0.4, 0.5) is 0 Å². The number of rotatable bonds is 2. The van der Waals surface area contributed by atoms with E-state index in [2.05, 4.69) is 27.7 Å². The van der Waals surface area contributed by atoms with Crippen LogP contribution in [0.15, 0.2) is 0 Å². The van der Waals surface area contributed by atoms with Gasteiger partial charge in [-0.2, -0.15) is 0 Å². The first-order valence-corrected chi connectivity index (χ1v) is 5.63. The summed E-state index contributed by atoms with van der Waals surface area (Å²) < 4.78 is 0. The van der Waals surface area contributed by atoms with Crippen molar-refractivity contribution in [2.45, 2.75) is 65.3 Å². The molecule has 78 valence electrons. The molecule has 2 unspecified atom stereocenters. The lowest BCUT2D eigenvalue weighted by Crippen LogP contribution is -2.47. The number of nitrogens with two attached hydrogens (primary N) is 1. The normalized spacial score (nSPS) is 39.0. The zero-order chi connectivity index (χ0) is 10.1. The lowest BCUT2D eigenvalue weighted by atomic mass is 9.64. The molecule has 0 aromatic heterocycles. The van der Waals surface area contributed by atoms with E-state index in [-0.39, 0.29) is 5.54 Å². The van der Waals surface area contributed by atoms with Gasteiger partial charge in [0.1, 0.15) is 0 Å². The smallest absolute Gasteiger partial charge is 0.0133 e. The average molecular weight is 183 g/mol. The van der Waals surface area contributed by atoms with Gasteiger partial charge in [0.15, 0.2) is 0 Å². The molecule has 1 fully saturated rings. The Morgan fingerprint density at radius 2 is 1.85 bits per heavy atom. The molecule has 0 aromatic rings. The van der Waals surface area contributed by atoms with Crippen LogP contribution in [0.3, 0.4) is 0 Å². The second-order valence-corrected chi connectivity index (χ2v) is 6.06. The highest BCUT2D eigenvalue weighted by Gasteiger charge is 2.38. The summed E-state index contributed by atoms with van der Waals surface area (Å²) in [6, 6.07) is 0. The molecule has 1 aliphatic rings. The second kappa shape index (κ2) is 3.61. The summed E-state index contributed by atoms with van der Waals surface area (Å²) in [6.45, 7) is 9.21. The van der Waals surface area contributed by atoms with E-state index >= 15 is 0 Å². The lowest BCUT2D eigenvalue weighted by Gasteiger charge is -2.44. The van der Waals surface area contributed by atoms with Gasteiger partial charge in [-0.1, -0.05) is 33.6 Å². The first-order valence-electron chi connectivity index (χ1n) is 5.63. The molecule has 0 saturated heterocycles. The van der Waals surface area contributed by atoms with Gasteiger partial charge in [-0.25, -0.2) is 0 Å². The van der Waals surface area contributed by atoms with E-state index in [1.54, 1.807) is 0 Å². The molecule has 13 heavy (non-hydrogen) atoms. The molecule has 0 spiro atoms. The first-order chi connectivity index (χ1) is 5.85. The van der Waals surface area contributed by atoms with Crippen LogP contribution in [0.2, 0.25) is 0 Å². The summed E-state index contributed by atoms with van der Waals surface area (Å²) >= 11 is 0. The number of hydrogen-bond acceptors (Lipinski definition) is 1. The van der Waals surface area contributed by atoms with E-state index in [9.17, 15) is 0 Å². The van der Waals surface area contributed by atoms with Gasteiger partial charge in [0.25, 0.3) is 0 Å². The zero-order valence-corrected chi connectivity index (χ0v) is 9.69. The van der Waals surface area contributed by atoms with Crippen molar-refractivity contribution in [2.24, 2.45) is 17.1 Å².